The van der Waals surface area contributed by atoms with Gasteiger partial charge in [0.15, 0.2) is 5.69 Å². The number of pyridine rings is 1. The Balaban J connectivity index is 2.51. The third-order valence-electron chi connectivity index (χ3n) is 1.71. The standard InChI is InChI=1S/C9H5ClN4/c10-7-2-1-3-12-9(7)8-4-6(5-11)13-14-8/h1-4H,(H,13,14). The molecule has 2 rings (SSSR count). The summed E-state index contributed by atoms with van der Waals surface area (Å²) in [7, 11) is 0. The summed E-state index contributed by atoms with van der Waals surface area (Å²) in [5.74, 6) is 0. The zero-order chi connectivity index (χ0) is 9.97. The van der Waals surface area contributed by atoms with Gasteiger partial charge in [0.05, 0.1) is 10.7 Å². The van der Waals surface area contributed by atoms with E-state index in [0.29, 0.717) is 22.1 Å². The average molecular weight is 205 g/mol. The van der Waals surface area contributed by atoms with Gasteiger partial charge in [0, 0.05) is 12.3 Å². The number of hydrogen-bond donors (Lipinski definition) is 1. The topological polar surface area (TPSA) is 65.4 Å². The summed E-state index contributed by atoms with van der Waals surface area (Å²) in [5, 5.41) is 15.6. The van der Waals surface area contributed by atoms with Crippen molar-refractivity contribution in [1.82, 2.24) is 15.2 Å². The third-order valence-corrected chi connectivity index (χ3v) is 2.01. The van der Waals surface area contributed by atoms with E-state index in [1.807, 2.05) is 6.07 Å². The van der Waals surface area contributed by atoms with Gasteiger partial charge in [-0.2, -0.15) is 10.4 Å². The number of nitrogens with zero attached hydrogens (tertiary/aromatic N) is 3. The van der Waals surface area contributed by atoms with Crippen LogP contribution < -0.4 is 0 Å². The van der Waals surface area contributed by atoms with E-state index < -0.39 is 0 Å². The van der Waals surface area contributed by atoms with Crippen LogP contribution in [-0.2, 0) is 0 Å². The molecule has 0 atom stereocenters. The van der Waals surface area contributed by atoms with Gasteiger partial charge < -0.3 is 0 Å². The summed E-state index contributed by atoms with van der Waals surface area (Å²) in [5.41, 5.74) is 1.57. The molecule has 0 fully saturated rings. The number of H-pyrrole nitrogens is 1. The quantitative estimate of drug-likeness (QED) is 0.773. The largest absolute Gasteiger partial charge is 0.275 e. The fourth-order valence-corrected chi connectivity index (χ4v) is 1.31. The fourth-order valence-electron chi connectivity index (χ4n) is 1.08. The predicted molar refractivity (Wildman–Crippen MR) is 51.5 cm³/mol. The molecule has 0 saturated carbocycles. The molecule has 2 aromatic heterocycles. The molecule has 14 heavy (non-hydrogen) atoms. The first-order valence-electron chi connectivity index (χ1n) is 3.87. The highest BCUT2D eigenvalue weighted by molar-refractivity contribution is 6.32. The highest BCUT2D eigenvalue weighted by Gasteiger charge is 2.07. The van der Waals surface area contributed by atoms with Crippen LogP contribution in [0.5, 0.6) is 0 Å². The molecule has 0 bridgehead atoms. The number of nitriles is 1. The molecule has 0 saturated heterocycles. The normalized spacial score (nSPS) is 9.71. The minimum absolute atomic E-state index is 0.321. The molecule has 0 aliphatic heterocycles. The molecule has 5 heteroatoms. The van der Waals surface area contributed by atoms with Crippen LogP contribution in [0.25, 0.3) is 11.4 Å². The summed E-state index contributed by atoms with van der Waals surface area (Å²) in [6.45, 7) is 0. The van der Waals surface area contributed by atoms with Crippen LogP contribution in [0.15, 0.2) is 24.4 Å². The van der Waals surface area contributed by atoms with Gasteiger partial charge in [-0.3, -0.25) is 10.1 Å². The molecule has 68 valence electrons. The van der Waals surface area contributed by atoms with Crippen LogP contribution in [0, 0.1) is 11.3 Å². The lowest BCUT2D eigenvalue weighted by Crippen LogP contribution is -1.83. The highest BCUT2D eigenvalue weighted by Crippen LogP contribution is 2.23. The molecule has 0 amide bonds. The van der Waals surface area contributed by atoms with Gasteiger partial charge >= 0.3 is 0 Å². The van der Waals surface area contributed by atoms with Crippen molar-refractivity contribution in [2.45, 2.75) is 0 Å². The molecule has 0 radical (unpaired) electrons. The second-order valence-corrected chi connectivity index (χ2v) is 3.02. The summed E-state index contributed by atoms with van der Waals surface area (Å²) in [6, 6.07) is 7.01. The lowest BCUT2D eigenvalue weighted by Gasteiger charge is -1.97. The van der Waals surface area contributed by atoms with Crippen LogP contribution >= 0.6 is 11.6 Å². The summed E-state index contributed by atoms with van der Waals surface area (Å²) in [4.78, 5) is 4.08. The molecule has 0 aliphatic rings. The van der Waals surface area contributed by atoms with Crippen LogP contribution in [0.4, 0.5) is 0 Å². The van der Waals surface area contributed by atoms with Crippen molar-refractivity contribution < 1.29 is 0 Å². The number of aromatic nitrogens is 3. The van der Waals surface area contributed by atoms with Crippen LogP contribution in [0.2, 0.25) is 5.02 Å². The molecule has 0 aliphatic carbocycles. The fraction of sp³-hybridized carbons (Fsp3) is 0. The van der Waals surface area contributed by atoms with E-state index in [1.165, 1.54) is 0 Å². The molecular weight excluding hydrogens is 200 g/mol. The van der Waals surface area contributed by atoms with Crippen molar-refractivity contribution in [3.8, 4) is 17.5 Å². The molecule has 2 aromatic rings. The number of rotatable bonds is 1. The summed E-state index contributed by atoms with van der Waals surface area (Å²) < 4.78 is 0. The van der Waals surface area contributed by atoms with Crippen LogP contribution in [0.3, 0.4) is 0 Å². The van der Waals surface area contributed by atoms with Crippen molar-refractivity contribution >= 4 is 11.6 Å². The molecule has 0 aromatic carbocycles. The van der Waals surface area contributed by atoms with E-state index in [1.54, 1.807) is 24.4 Å². The average Bonchev–Trinajstić information content (AvgIpc) is 2.67. The van der Waals surface area contributed by atoms with Crippen molar-refractivity contribution in [1.29, 1.82) is 5.26 Å². The van der Waals surface area contributed by atoms with Gasteiger partial charge in [0.2, 0.25) is 0 Å². The van der Waals surface area contributed by atoms with Crippen molar-refractivity contribution in [3.63, 3.8) is 0 Å². The van der Waals surface area contributed by atoms with Gasteiger partial charge in [-0.05, 0) is 12.1 Å². The lowest BCUT2D eigenvalue weighted by atomic mass is 10.2. The molecule has 0 spiro atoms. The minimum Gasteiger partial charge on any atom is -0.275 e. The minimum atomic E-state index is 0.321. The van der Waals surface area contributed by atoms with Crippen molar-refractivity contribution in [2.75, 3.05) is 0 Å². The Kier molecular flexibility index (Phi) is 2.17. The third kappa shape index (κ3) is 1.45. The highest BCUT2D eigenvalue weighted by atomic mass is 35.5. The van der Waals surface area contributed by atoms with Crippen molar-refractivity contribution in [2.24, 2.45) is 0 Å². The number of halogens is 1. The first kappa shape index (κ1) is 8.73. The Bertz CT molecular complexity index is 498. The number of nitrogens with one attached hydrogen (secondary N) is 1. The zero-order valence-corrected chi connectivity index (χ0v) is 7.78. The van der Waals surface area contributed by atoms with Gasteiger partial charge in [-0.25, -0.2) is 0 Å². The lowest BCUT2D eigenvalue weighted by molar-refractivity contribution is 1.07. The second kappa shape index (κ2) is 3.48. The molecule has 2 heterocycles. The van der Waals surface area contributed by atoms with E-state index in [2.05, 4.69) is 15.2 Å². The van der Waals surface area contributed by atoms with Gasteiger partial charge in [-0.15, -0.1) is 0 Å². The summed E-state index contributed by atoms with van der Waals surface area (Å²) >= 11 is 5.92. The van der Waals surface area contributed by atoms with Gasteiger partial charge in [0.1, 0.15) is 11.8 Å². The molecule has 1 N–H and O–H groups in total. The van der Waals surface area contributed by atoms with E-state index in [4.69, 9.17) is 16.9 Å². The first-order valence-corrected chi connectivity index (χ1v) is 4.25. The molecular formula is C9H5ClN4. The monoisotopic (exact) mass is 204 g/mol. The van der Waals surface area contributed by atoms with Crippen LogP contribution in [0.1, 0.15) is 5.69 Å². The number of hydrogen-bond acceptors (Lipinski definition) is 3. The van der Waals surface area contributed by atoms with E-state index >= 15 is 0 Å². The Morgan fingerprint density at radius 2 is 2.36 bits per heavy atom. The number of aromatic amines is 1. The van der Waals surface area contributed by atoms with E-state index in [0.717, 1.165) is 0 Å². The maximum absolute atomic E-state index is 8.58. The smallest absolute Gasteiger partial charge is 0.162 e. The molecule has 0 unspecified atom stereocenters. The Labute approximate surface area is 85.2 Å². The van der Waals surface area contributed by atoms with E-state index in [-0.39, 0.29) is 0 Å². The van der Waals surface area contributed by atoms with Crippen LogP contribution in [-0.4, -0.2) is 15.2 Å². The Morgan fingerprint density at radius 1 is 1.50 bits per heavy atom. The summed E-state index contributed by atoms with van der Waals surface area (Å²) in [6.07, 6.45) is 1.63. The maximum Gasteiger partial charge on any atom is 0.162 e. The Hall–Kier alpha value is -1.86. The molecule has 4 nitrogen and oxygen atoms in total. The maximum atomic E-state index is 8.58. The van der Waals surface area contributed by atoms with Gasteiger partial charge in [-0.1, -0.05) is 11.6 Å². The van der Waals surface area contributed by atoms with Gasteiger partial charge in [0.25, 0.3) is 0 Å². The Morgan fingerprint density at radius 3 is 3.00 bits per heavy atom. The van der Waals surface area contributed by atoms with E-state index in [9.17, 15) is 0 Å². The SMILES string of the molecule is N#Cc1cc(-c2ncccc2Cl)[nH]n1. The first-order chi connectivity index (χ1) is 6.81. The zero-order valence-electron chi connectivity index (χ0n) is 7.03. The predicted octanol–water partition coefficient (Wildman–Crippen LogP) is 2.00. The van der Waals surface area contributed by atoms with Crippen molar-refractivity contribution in [3.05, 3.63) is 35.1 Å². The second-order valence-electron chi connectivity index (χ2n) is 2.61.